The Hall–Kier alpha value is -4.71. The van der Waals surface area contributed by atoms with Gasteiger partial charge in [-0.1, -0.05) is 159 Å². The van der Waals surface area contributed by atoms with Gasteiger partial charge in [0.15, 0.2) is 5.78 Å². The van der Waals surface area contributed by atoms with Gasteiger partial charge in [0.2, 0.25) is 0 Å². The molecule has 6 aromatic carbocycles. The van der Waals surface area contributed by atoms with Crippen LogP contribution < -0.4 is 15.9 Å². The van der Waals surface area contributed by atoms with Crippen LogP contribution in [0.15, 0.2) is 152 Å². The summed E-state index contributed by atoms with van der Waals surface area (Å²) in [4.78, 5) is 16.4. The fraction of sp³-hybridized carbons (Fsp3) is 0.174. The first-order valence-electron chi connectivity index (χ1n) is 17.2. The lowest BCUT2D eigenvalue weighted by Crippen LogP contribution is -2.46. The molecule has 0 saturated heterocycles. The second-order valence-electron chi connectivity index (χ2n) is 13.7. The molecule has 2 heteroatoms. The Bertz CT molecular complexity index is 2080. The molecule has 0 aromatic heterocycles. The highest BCUT2D eigenvalue weighted by Gasteiger charge is 2.52. The van der Waals surface area contributed by atoms with Gasteiger partial charge in [0.25, 0.3) is 0 Å². The molecular weight excluding hydrogens is 599 g/mol. The summed E-state index contributed by atoms with van der Waals surface area (Å²) in [7, 11) is 0. The predicted molar refractivity (Wildman–Crippen MR) is 204 cm³/mol. The van der Waals surface area contributed by atoms with Gasteiger partial charge in [0.1, 0.15) is 0 Å². The van der Waals surface area contributed by atoms with E-state index in [1.54, 1.807) is 0 Å². The summed E-state index contributed by atoms with van der Waals surface area (Å²) in [6, 6.07) is 54.9. The number of benzene rings is 6. The smallest absolute Gasteiger partial charge is 0.168 e. The Kier molecular flexibility index (Phi) is 7.70. The zero-order valence-electron chi connectivity index (χ0n) is 28.1. The van der Waals surface area contributed by atoms with Gasteiger partial charge in [-0.15, -0.1) is 0 Å². The monoisotopic (exact) mass is 640 g/mol. The van der Waals surface area contributed by atoms with Gasteiger partial charge in [0.05, 0.1) is 0 Å². The van der Waals surface area contributed by atoms with Crippen molar-refractivity contribution in [2.75, 3.05) is 0 Å². The summed E-state index contributed by atoms with van der Waals surface area (Å²) >= 11 is 0. The van der Waals surface area contributed by atoms with Crippen LogP contribution in [0.25, 0.3) is 0 Å². The molecule has 0 amide bonds. The second kappa shape index (κ2) is 12.1. The van der Waals surface area contributed by atoms with Crippen molar-refractivity contribution in [3.63, 3.8) is 0 Å². The summed E-state index contributed by atoms with van der Waals surface area (Å²) in [6.07, 6.45) is 0. The lowest BCUT2D eigenvalue weighted by Gasteiger charge is -2.50. The van der Waals surface area contributed by atoms with Crippen LogP contribution >= 0.6 is 6.89 Å². The molecule has 1 nitrogen and oxygen atoms in total. The van der Waals surface area contributed by atoms with Gasteiger partial charge in [-0.2, -0.15) is 0 Å². The maximum absolute atomic E-state index is 16.4. The topological polar surface area (TPSA) is 17.1 Å². The van der Waals surface area contributed by atoms with E-state index < -0.39 is 6.89 Å². The zero-order valence-corrected chi connectivity index (χ0v) is 29.0. The largest absolute Gasteiger partial charge is 0.294 e. The molecule has 0 spiro atoms. The molecule has 3 aliphatic rings. The Morgan fingerprint density at radius 3 is 1.23 bits per heavy atom. The fourth-order valence-corrected chi connectivity index (χ4v) is 14.4. The van der Waals surface area contributed by atoms with E-state index in [0.717, 1.165) is 10.9 Å². The van der Waals surface area contributed by atoms with Crippen molar-refractivity contribution in [2.24, 2.45) is 11.8 Å². The van der Waals surface area contributed by atoms with Crippen LogP contribution in [0.1, 0.15) is 63.3 Å². The summed E-state index contributed by atoms with van der Waals surface area (Å²) in [6.45, 7) is 6.25. The van der Waals surface area contributed by atoms with Crippen molar-refractivity contribution in [3.05, 3.63) is 196 Å². The van der Waals surface area contributed by atoms with E-state index in [9.17, 15) is 0 Å². The second-order valence-corrected chi connectivity index (χ2v) is 16.9. The molecule has 0 aliphatic heterocycles. The van der Waals surface area contributed by atoms with E-state index in [1.165, 1.54) is 54.9 Å². The third-order valence-electron chi connectivity index (χ3n) is 11.1. The predicted octanol–water partition coefficient (Wildman–Crippen LogP) is 9.24. The zero-order chi connectivity index (χ0) is 33.0. The average Bonchev–Trinajstić information content (AvgIpc) is 3.12. The van der Waals surface area contributed by atoms with Crippen molar-refractivity contribution in [1.82, 2.24) is 0 Å². The molecule has 0 unspecified atom stereocenters. The Morgan fingerprint density at radius 2 is 0.812 bits per heavy atom. The minimum atomic E-state index is -2.77. The Labute approximate surface area is 285 Å². The number of rotatable bonds is 6. The van der Waals surface area contributed by atoms with Crippen molar-refractivity contribution in [2.45, 2.75) is 39.5 Å². The van der Waals surface area contributed by atoms with Gasteiger partial charge in [0, 0.05) is 23.0 Å². The molecule has 0 heterocycles. The van der Waals surface area contributed by atoms with Crippen molar-refractivity contribution in [1.29, 1.82) is 0 Å². The van der Waals surface area contributed by atoms with Crippen molar-refractivity contribution in [3.8, 4) is 0 Å². The lowest BCUT2D eigenvalue weighted by molar-refractivity contribution is -0.118. The third kappa shape index (κ3) is 4.48. The summed E-state index contributed by atoms with van der Waals surface area (Å²) in [5.74, 6) is 0.397. The van der Waals surface area contributed by atoms with E-state index in [0.29, 0.717) is 0 Å². The highest BCUT2D eigenvalue weighted by atomic mass is 31.2. The van der Waals surface area contributed by atoms with Crippen LogP contribution in [-0.4, -0.2) is 11.1 Å². The minimum Gasteiger partial charge on any atom is -0.294 e. The summed E-state index contributed by atoms with van der Waals surface area (Å²) < 4.78 is 0. The first-order chi connectivity index (χ1) is 23.4. The Balaban J connectivity index is 1.57. The highest BCUT2D eigenvalue weighted by Crippen LogP contribution is 2.60. The SMILES string of the molecule is Cc1ccccc1P(=C(C(=O)[C@H]1C2c3ccccc3C(c3ccccc32)[C@H]1C)c1ccccc1)(c1ccccc1C)c1ccccc1C. The first kappa shape index (κ1) is 30.6. The van der Waals surface area contributed by atoms with Gasteiger partial charge in [-0.25, -0.2) is 0 Å². The van der Waals surface area contributed by atoms with E-state index in [2.05, 4.69) is 179 Å². The Morgan fingerprint density at radius 1 is 0.458 bits per heavy atom. The quantitative estimate of drug-likeness (QED) is 0.166. The van der Waals surface area contributed by atoms with E-state index >= 15 is 4.79 Å². The van der Waals surface area contributed by atoms with E-state index in [4.69, 9.17) is 0 Å². The van der Waals surface area contributed by atoms with Gasteiger partial charge in [-0.3, -0.25) is 4.79 Å². The molecule has 0 N–H and O–H groups in total. The molecule has 2 atom stereocenters. The molecule has 2 bridgehead atoms. The molecule has 0 radical (unpaired) electrons. The number of carbonyl (C=O) groups excluding carboxylic acids is 1. The first-order valence-corrected chi connectivity index (χ1v) is 19.0. The minimum absolute atomic E-state index is 0.00359. The number of carbonyl (C=O) groups is 1. The highest BCUT2D eigenvalue weighted by molar-refractivity contribution is 7.97. The van der Waals surface area contributed by atoms with Crippen LogP contribution in [-0.2, 0) is 4.79 Å². The number of hydrogen-bond acceptors (Lipinski definition) is 1. The van der Waals surface area contributed by atoms with Crippen LogP contribution in [0.3, 0.4) is 0 Å². The standard InChI is InChI=1S/C46H41OP/c1-30-18-8-15-27-39(30)48(40-28-16-9-19-31(40)2,41-29-17-10-20-32(41)3)46(34-21-6-5-7-22-34)45(47)43-33(4)42-35-23-11-13-25-37(35)44(43)38-26-14-12-24-36(38)42/h5-29,33,42-44H,1-4H3/t33-,42?,43-,44?/m1/s1. The lowest BCUT2D eigenvalue weighted by atomic mass is 9.53. The van der Waals surface area contributed by atoms with Crippen LogP contribution in [0.4, 0.5) is 0 Å². The van der Waals surface area contributed by atoms with E-state index in [1.807, 2.05) is 0 Å². The molecule has 9 rings (SSSR count). The molecule has 6 aromatic rings. The van der Waals surface area contributed by atoms with Gasteiger partial charge < -0.3 is 0 Å². The van der Waals surface area contributed by atoms with Crippen LogP contribution in [0.2, 0.25) is 0 Å². The molecule has 0 saturated carbocycles. The molecule has 3 aliphatic carbocycles. The maximum Gasteiger partial charge on any atom is 0.168 e. The van der Waals surface area contributed by atoms with Crippen LogP contribution in [0, 0.1) is 32.6 Å². The molecule has 0 fully saturated rings. The van der Waals surface area contributed by atoms with Gasteiger partial charge >= 0.3 is 0 Å². The summed E-state index contributed by atoms with van der Waals surface area (Å²) in [5, 5.41) is 4.75. The van der Waals surface area contributed by atoms with Crippen molar-refractivity contribution < 1.29 is 4.79 Å². The van der Waals surface area contributed by atoms with Crippen molar-refractivity contribution >= 4 is 33.9 Å². The average molecular weight is 641 g/mol. The normalized spacial score (nSPS) is 19.3. The number of aryl methyl sites for hydroxylation is 3. The number of Topliss-reactive ketones (excluding diaryl/α,β-unsaturated/α-hetero) is 1. The number of hydrogen-bond donors (Lipinski definition) is 0. The third-order valence-corrected chi connectivity index (χ3v) is 16.0. The fourth-order valence-electron chi connectivity index (χ4n) is 9.17. The molecule has 48 heavy (non-hydrogen) atoms. The summed E-state index contributed by atoms with van der Waals surface area (Å²) in [5.41, 5.74) is 10.1. The number of ketones is 1. The molecular formula is C46H41OP. The van der Waals surface area contributed by atoms with E-state index in [-0.39, 0.29) is 29.5 Å². The van der Waals surface area contributed by atoms with Gasteiger partial charge in [-0.05, 0) is 94.0 Å². The number of fused-ring (bicyclic) bond motifs is 1. The molecule has 236 valence electrons. The van der Waals surface area contributed by atoms with Crippen LogP contribution in [0.5, 0.6) is 0 Å². The maximum atomic E-state index is 16.4.